The van der Waals surface area contributed by atoms with Crippen LogP contribution >= 0.6 is 0 Å². The summed E-state index contributed by atoms with van der Waals surface area (Å²) >= 11 is 0. The maximum atomic E-state index is 13.1. The molecule has 11 nitrogen and oxygen atoms in total. The van der Waals surface area contributed by atoms with Gasteiger partial charge in [-0.1, -0.05) is 20.8 Å². The van der Waals surface area contributed by atoms with Gasteiger partial charge in [-0.25, -0.2) is 20.4 Å². The monoisotopic (exact) mass is 426 g/mol. The first-order valence-corrected chi connectivity index (χ1v) is 10.3. The maximum Gasteiger partial charge on any atom is 0.281 e. The summed E-state index contributed by atoms with van der Waals surface area (Å²) in [6, 6.07) is 1.97. The second kappa shape index (κ2) is 7.70. The number of aliphatic hydroxyl groups is 1. The number of fused-ring (bicyclic) bond motifs is 1. The lowest BCUT2D eigenvalue weighted by atomic mass is 9.95. The highest BCUT2D eigenvalue weighted by Crippen LogP contribution is 2.33. The summed E-state index contributed by atoms with van der Waals surface area (Å²) in [5.41, 5.74) is 2.84. The fourth-order valence-electron chi connectivity index (χ4n) is 3.69. The molecular formula is C20H26N8O3. The third-order valence-electron chi connectivity index (χ3n) is 5.20. The molecule has 0 aromatic carbocycles. The first-order chi connectivity index (χ1) is 14.7. The molecule has 2 aliphatic heterocycles. The van der Waals surface area contributed by atoms with Crippen LogP contribution in [0.15, 0.2) is 23.8 Å². The minimum atomic E-state index is -0.568. The van der Waals surface area contributed by atoms with Gasteiger partial charge in [0.05, 0.1) is 18.6 Å². The average Bonchev–Trinajstić information content (AvgIpc) is 3.41. The lowest BCUT2D eigenvalue weighted by Crippen LogP contribution is -2.58. The molecule has 2 unspecified atom stereocenters. The molecule has 2 atom stereocenters. The molecule has 4 N–H and O–H groups in total. The highest BCUT2D eigenvalue weighted by Gasteiger charge is 2.49. The second-order valence-electron chi connectivity index (χ2n) is 9.25. The molecule has 4 rings (SSSR count). The topological polar surface area (TPSA) is 147 Å². The van der Waals surface area contributed by atoms with Crippen molar-refractivity contribution in [1.82, 2.24) is 30.6 Å². The summed E-state index contributed by atoms with van der Waals surface area (Å²) in [5.74, 6) is -0.977. The van der Waals surface area contributed by atoms with Gasteiger partial charge in [0.2, 0.25) is 5.88 Å². The third-order valence-corrected chi connectivity index (χ3v) is 5.20. The van der Waals surface area contributed by atoms with Gasteiger partial charge in [0.25, 0.3) is 11.8 Å². The van der Waals surface area contributed by atoms with E-state index in [0.717, 1.165) is 12.8 Å². The zero-order valence-electron chi connectivity index (χ0n) is 17.7. The lowest BCUT2D eigenvalue weighted by Gasteiger charge is -2.42. The van der Waals surface area contributed by atoms with E-state index in [1.807, 2.05) is 26.8 Å². The van der Waals surface area contributed by atoms with Crippen molar-refractivity contribution >= 4 is 17.6 Å². The molecule has 1 saturated carbocycles. The number of anilines is 1. The second-order valence-corrected chi connectivity index (χ2v) is 9.25. The van der Waals surface area contributed by atoms with Gasteiger partial charge >= 0.3 is 0 Å². The van der Waals surface area contributed by atoms with Crippen LogP contribution in [0.1, 0.15) is 45.7 Å². The molecule has 31 heavy (non-hydrogen) atoms. The summed E-state index contributed by atoms with van der Waals surface area (Å²) in [4.78, 5) is 35.7. The average molecular weight is 426 g/mol. The van der Waals surface area contributed by atoms with Crippen LogP contribution in [0.5, 0.6) is 0 Å². The molecule has 0 radical (unpaired) electrons. The molecule has 0 spiro atoms. The summed E-state index contributed by atoms with van der Waals surface area (Å²) in [7, 11) is 0. The number of rotatable bonds is 5. The Morgan fingerprint density at radius 3 is 2.68 bits per heavy atom. The molecule has 2 amide bonds. The van der Waals surface area contributed by atoms with E-state index in [0.29, 0.717) is 18.8 Å². The highest BCUT2D eigenvalue weighted by atomic mass is 16.3. The van der Waals surface area contributed by atoms with E-state index in [2.05, 4.69) is 26.0 Å². The Balaban J connectivity index is 1.57. The van der Waals surface area contributed by atoms with Gasteiger partial charge in [-0.15, -0.1) is 0 Å². The molecule has 1 aromatic rings. The van der Waals surface area contributed by atoms with Gasteiger partial charge in [-0.05, 0) is 18.3 Å². The molecule has 3 aliphatic rings. The number of carbonyl (C=O) groups is 2. The predicted octanol–water partition coefficient (Wildman–Crippen LogP) is 0.559. The van der Waals surface area contributed by atoms with E-state index < -0.39 is 24.1 Å². The molecule has 0 bridgehead atoms. The van der Waals surface area contributed by atoms with E-state index in [-0.39, 0.29) is 28.6 Å². The number of aliphatic hydroxyl groups excluding tert-OH is 1. The quantitative estimate of drug-likeness (QED) is 0.496. The Kier molecular flexibility index (Phi) is 5.18. The van der Waals surface area contributed by atoms with Crippen molar-refractivity contribution in [2.24, 2.45) is 5.41 Å². The number of hydrogen-bond acceptors (Lipinski definition) is 9. The zero-order chi connectivity index (χ0) is 22.3. The van der Waals surface area contributed by atoms with E-state index in [9.17, 15) is 14.7 Å². The Morgan fingerprint density at radius 1 is 1.35 bits per heavy atom. The standard InChI is InChI=1S/C20H26N8O3/c1-20(2,3)10-27-15-6-13(25-14-9-22-12(7-21)8-23-14)26-28(15)19(31)16(18(27)30)17(29)24-11-4-5-11/h8-9,11,13,15,26,30H,4-6,10H2,1-3H3,(H,23,25)(H,24,29). The van der Waals surface area contributed by atoms with E-state index in [1.54, 1.807) is 4.90 Å². The van der Waals surface area contributed by atoms with Gasteiger partial charge in [0, 0.05) is 19.0 Å². The van der Waals surface area contributed by atoms with Crippen molar-refractivity contribution in [1.29, 1.82) is 5.26 Å². The van der Waals surface area contributed by atoms with Gasteiger partial charge in [-0.2, -0.15) is 5.26 Å². The SMILES string of the molecule is CC(C)(C)CN1C(O)=C(C(=O)NC2CC2)C(=O)N2NC(Nc3cnc(C#N)cn3)CC12. The largest absolute Gasteiger partial charge is 0.494 e. The Hall–Kier alpha value is -3.39. The van der Waals surface area contributed by atoms with Crippen LogP contribution in [0.25, 0.3) is 0 Å². The van der Waals surface area contributed by atoms with Crippen molar-refractivity contribution in [2.75, 3.05) is 11.9 Å². The van der Waals surface area contributed by atoms with Gasteiger partial charge in [0.1, 0.15) is 18.1 Å². The van der Waals surface area contributed by atoms with Crippen LogP contribution in [0.2, 0.25) is 0 Å². The fraction of sp³-hybridized carbons (Fsp3) is 0.550. The number of hydrogen-bond donors (Lipinski definition) is 4. The van der Waals surface area contributed by atoms with Crippen molar-refractivity contribution in [3.63, 3.8) is 0 Å². The molecule has 2 fully saturated rings. The van der Waals surface area contributed by atoms with E-state index >= 15 is 0 Å². The number of amides is 2. The molecule has 1 saturated heterocycles. The number of aromatic nitrogens is 2. The highest BCUT2D eigenvalue weighted by molar-refractivity contribution is 6.19. The zero-order valence-corrected chi connectivity index (χ0v) is 17.7. The van der Waals surface area contributed by atoms with Crippen LogP contribution in [0.3, 0.4) is 0 Å². The number of nitrogens with zero attached hydrogens (tertiary/aromatic N) is 5. The normalized spacial score (nSPS) is 23.5. The van der Waals surface area contributed by atoms with Gasteiger partial charge < -0.3 is 20.6 Å². The Labute approximate surface area is 180 Å². The Bertz CT molecular complexity index is 958. The number of hydrazine groups is 1. The van der Waals surface area contributed by atoms with Crippen LogP contribution in [-0.4, -0.2) is 61.7 Å². The first kappa shape index (κ1) is 20.9. The molecule has 3 heterocycles. The number of carbonyl (C=O) groups excluding carboxylic acids is 2. The fourth-order valence-corrected chi connectivity index (χ4v) is 3.69. The van der Waals surface area contributed by atoms with E-state index in [1.165, 1.54) is 17.4 Å². The van der Waals surface area contributed by atoms with Crippen molar-refractivity contribution in [2.45, 2.75) is 58.4 Å². The van der Waals surface area contributed by atoms with E-state index in [4.69, 9.17) is 5.26 Å². The van der Waals surface area contributed by atoms with Crippen molar-refractivity contribution in [3.8, 4) is 6.07 Å². The summed E-state index contributed by atoms with van der Waals surface area (Å²) in [6.07, 6.45) is 4.12. The smallest absolute Gasteiger partial charge is 0.281 e. The van der Waals surface area contributed by atoms with Gasteiger partial charge in [-0.3, -0.25) is 9.59 Å². The number of nitrogens with one attached hydrogen (secondary N) is 3. The summed E-state index contributed by atoms with van der Waals surface area (Å²) < 4.78 is 0. The van der Waals surface area contributed by atoms with Crippen molar-refractivity contribution < 1.29 is 14.7 Å². The van der Waals surface area contributed by atoms with Crippen LogP contribution in [-0.2, 0) is 9.59 Å². The first-order valence-electron chi connectivity index (χ1n) is 10.3. The minimum absolute atomic E-state index is 0.0605. The predicted molar refractivity (Wildman–Crippen MR) is 110 cm³/mol. The molecular weight excluding hydrogens is 400 g/mol. The third kappa shape index (κ3) is 4.39. The maximum absolute atomic E-state index is 13.1. The number of nitriles is 1. The summed E-state index contributed by atoms with van der Waals surface area (Å²) in [6.45, 7) is 6.51. The summed E-state index contributed by atoms with van der Waals surface area (Å²) in [5, 5.41) is 27.1. The van der Waals surface area contributed by atoms with Crippen LogP contribution in [0, 0.1) is 16.7 Å². The molecule has 1 aliphatic carbocycles. The van der Waals surface area contributed by atoms with Crippen LogP contribution < -0.4 is 16.1 Å². The molecule has 164 valence electrons. The lowest BCUT2D eigenvalue weighted by molar-refractivity contribution is -0.142. The van der Waals surface area contributed by atoms with Crippen LogP contribution in [0.4, 0.5) is 5.82 Å². The molecule has 1 aromatic heterocycles. The Morgan fingerprint density at radius 2 is 2.10 bits per heavy atom. The minimum Gasteiger partial charge on any atom is -0.494 e. The van der Waals surface area contributed by atoms with Gasteiger partial charge in [0.15, 0.2) is 11.3 Å². The molecule has 11 heteroatoms. The van der Waals surface area contributed by atoms with Crippen molar-refractivity contribution in [3.05, 3.63) is 29.5 Å².